The molecule has 0 bridgehead atoms. The second kappa shape index (κ2) is 8.08. The molecule has 0 aliphatic heterocycles. The lowest BCUT2D eigenvalue weighted by Gasteiger charge is -2.08. The van der Waals surface area contributed by atoms with Gasteiger partial charge in [-0.3, -0.25) is 13.9 Å². The Morgan fingerprint density at radius 2 is 1.50 bits per heavy atom. The molecule has 0 amide bonds. The van der Waals surface area contributed by atoms with Crippen molar-refractivity contribution in [2.45, 2.75) is 19.9 Å². The Kier molecular flexibility index (Phi) is 4.89. The Balaban J connectivity index is 1.65. The molecule has 0 radical (unpaired) electrons. The van der Waals surface area contributed by atoms with Gasteiger partial charge in [0, 0.05) is 10.7 Å². The van der Waals surface area contributed by atoms with Crippen LogP contribution in [-0.4, -0.2) is 24.1 Å². The first-order valence-corrected chi connectivity index (χ1v) is 11.5. The van der Waals surface area contributed by atoms with Crippen LogP contribution in [0.4, 0.5) is 0 Å². The summed E-state index contributed by atoms with van der Waals surface area (Å²) >= 11 is 6.02. The summed E-state index contributed by atoms with van der Waals surface area (Å²) in [4.78, 5) is 28.2. The average Bonchev–Trinajstić information content (AvgIpc) is 3.19. The summed E-state index contributed by atoms with van der Waals surface area (Å²) in [7, 11) is 0. The van der Waals surface area contributed by atoms with E-state index >= 15 is 0 Å². The number of rotatable bonds is 4. The largest absolute Gasteiger partial charge is 0.294 e. The van der Waals surface area contributed by atoms with E-state index in [1.807, 2.05) is 65.2 Å². The molecule has 0 atom stereocenters. The molecule has 0 unspecified atom stereocenters. The molecule has 3 heterocycles. The van der Waals surface area contributed by atoms with E-state index in [1.165, 1.54) is 5.56 Å². The zero-order valence-electron chi connectivity index (χ0n) is 18.4. The fourth-order valence-corrected chi connectivity index (χ4v) is 4.42. The number of hydrogen-bond acceptors (Lipinski definition) is 4. The Morgan fingerprint density at radius 1 is 0.824 bits per heavy atom. The van der Waals surface area contributed by atoms with Crippen LogP contribution in [0.2, 0.25) is 5.02 Å². The molecule has 0 aliphatic carbocycles. The first-order valence-electron chi connectivity index (χ1n) is 11.1. The maximum absolute atomic E-state index is 13.7. The molecule has 0 spiro atoms. The first kappa shape index (κ1) is 20.6. The van der Waals surface area contributed by atoms with Crippen LogP contribution < -0.4 is 5.56 Å². The van der Waals surface area contributed by atoms with Gasteiger partial charge in [-0.1, -0.05) is 54.9 Å². The van der Waals surface area contributed by atoms with Gasteiger partial charge in [0.2, 0.25) is 0 Å². The fourth-order valence-electron chi connectivity index (χ4n) is 4.30. The molecular weight excluding hydrogens is 446 g/mol. The van der Waals surface area contributed by atoms with E-state index in [0.29, 0.717) is 33.8 Å². The van der Waals surface area contributed by atoms with Gasteiger partial charge in [-0.15, -0.1) is 0 Å². The normalized spacial score (nSPS) is 11.6. The molecule has 0 saturated heterocycles. The minimum atomic E-state index is -0.154. The van der Waals surface area contributed by atoms with E-state index in [2.05, 4.69) is 19.1 Å². The molecule has 0 saturated carbocycles. The summed E-state index contributed by atoms with van der Waals surface area (Å²) in [5, 5.41) is 1.12. The number of aryl methyl sites for hydroxylation is 1. The van der Waals surface area contributed by atoms with Gasteiger partial charge in [-0.05, 0) is 53.9 Å². The maximum Gasteiger partial charge on any atom is 0.265 e. The highest BCUT2D eigenvalue weighted by molar-refractivity contribution is 6.30. The predicted octanol–water partition coefficient (Wildman–Crippen LogP) is 5.55. The Hall–Kier alpha value is -4.03. The molecule has 34 heavy (non-hydrogen) atoms. The van der Waals surface area contributed by atoms with Gasteiger partial charge in [-0.25, -0.2) is 15.0 Å². The summed E-state index contributed by atoms with van der Waals surface area (Å²) in [6.45, 7) is 2.51. The average molecular weight is 466 g/mol. The van der Waals surface area contributed by atoms with Gasteiger partial charge in [0.25, 0.3) is 5.56 Å². The molecular formula is C27H20ClN5O. The highest BCUT2D eigenvalue weighted by Gasteiger charge is 2.21. The third-order valence-corrected chi connectivity index (χ3v) is 6.35. The number of para-hydroxylation sites is 2. The molecule has 0 aliphatic rings. The van der Waals surface area contributed by atoms with Gasteiger partial charge in [-0.2, -0.15) is 0 Å². The van der Waals surface area contributed by atoms with Gasteiger partial charge in [0.1, 0.15) is 17.2 Å². The number of hydrogen-bond donors (Lipinski definition) is 0. The summed E-state index contributed by atoms with van der Waals surface area (Å²) in [6, 6.07) is 23.4. The lowest BCUT2D eigenvalue weighted by atomic mass is 10.1. The van der Waals surface area contributed by atoms with E-state index in [0.717, 1.165) is 28.7 Å². The maximum atomic E-state index is 13.7. The summed E-state index contributed by atoms with van der Waals surface area (Å²) in [6.07, 6.45) is 2.54. The van der Waals surface area contributed by atoms with Crippen molar-refractivity contribution in [2.75, 3.05) is 0 Å². The van der Waals surface area contributed by atoms with Crippen molar-refractivity contribution >= 4 is 44.8 Å². The lowest BCUT2D eigenvalue weighted by Crippen LogP contribution is -2.21. The molecule has 0 N–H and O–H groups in total. The minimum absolute atomic E-state index is 0.154. The van der Waals surface area contributed by atoms with Crippen LogP contribution in [0.5, 0.6) is 0 Å². The number of fused-ring (bicyclic) bond motifs is 4. The standard InChI is InChI=1S/C27H20ClN5O/c1-2-17-9-13-20(14-10-17)33-25-23(24-26(33)31-22-6-4-3-5-21(22)30-24)27(34)32(16-29-25)15-18-7-11-19(28)12-8-18/h3-14,16H,2,15H2,1H3. The topological polar surface area (TPSA) is 65.6 Å². The zero-order valence-corrected chi connectivity index (χ0v) is 19.2. The van der Waals surface area contributed by atoms with E-state index in [1.54, 1.807) is 10.9 Å². The molecule has 6 nitrogen and oxygen atoms in total. The van der Waals surface area contributed by atoms with E-state index in [-0.39, 0.29) is 5.56 Å². The Morgan fingerprint density at radius 3 is 2.21 bits per heavy atom. The number of aromatic nitrogens is 5. The van der Waals surface area contributed by atoms with Crippen molar-refractivity contribution in [1.82, 2.24) is 24.1 Å². The second-order valence-corrected chi connectivity index (χ2v) is 8.68. The molecule has 166 valence electrons. The van der Waals surface area contributed by atoms with Gasteiger partial charge < -0.3 is 0 Å². The number of halogens is 1. The monoisotopic (exact) mass is 465 g/mol. The highest BCUT2D eigenvalue weighted by Crippen LogP contribution is 2.28. The summed E-state index contributed by atoms with van der Waals surface area (Å²) < 4.78 is 3.53. The van der Waals surface area contributed by atoms with Crippen LogP contribution in [0.3, 0.4) is 0 Å². The van der Waals surface area contributed by atoms with Crippen molar-refractivity contribution in [1.29, 1.82) is 0 Å². The van der Waals surface area contributed by atoms with Crippen LogP contribution in [-0.2, 0) is 13.0 Å². The first-order chi connectivity index (χ1) is 16.6. The van der Waals surface area contributed by atoms with Gasteiger partial charge in [0.15, 0.2) is 11.3 Å². The molecule has 3 aromatic heterocycles. The van der Waals surface area contributed by atoms with Crippen LogP contribution >= 0.6 is 11.6 Å². The fraction of sp³-hybridized carbons (Fsp3) is 0.111. The van der Waals surface area contributed by atoms with Crippen LogP contribution in [0, 0.1) is 0 Å². The third-order valence-electron chi connectivity index (χ3n) is 6.10. The van der Waals surface area contributed by atoms with Crippen molar-refractivity contribution in [3.8, 4) is 5.69 Å². The second-order valence-electron chi connectivity index (χ2n) is 8.24. The van der Waals surface area contributed by atoms with Gasteiger partial charge in [0.05, 0.1) is 17.6 Å². The molecule has 6 rings (SSSR count). The van der Waals surface area contributed by atoms with Gasteiger partial charge >= 0.3 is 0 Å². The number of nitrogens with zero attached hydrogens (tertiary/aromatic N) is 5. The van der Waals surface area contributed by atoms with Crippen molar-refractivity contribution in [3.63, 3.8) is 0 Å². The number of benzene rings is 3. The lowest BCUT2D eigenvalue weighted by molar-refractivity contribution is 0.747. The van der Waals surface area contributed by atoms with Crippen LogP contribution in [0.1, 0.15) is 18.1 Å². The molecule has 0 fully saturated rings. The third kappa shape index (κ3) is 3.35. The van der Waals surface area contributed by atoms with E-state index in [9.17, 15) is 4.79 Å². The van der Waals surface area contributed by atoms with Crippen molar-refractivity contribution in [2.24, 2.45) is 0 Å². The van der Waals surface area contributed by atoms with Crippen LogP contribution in [0.15, 0.2) is 83.9 Å². The van der Waals surface area contributed by atoms with Crippen molar-refractivity contribution < 1.29 is 0 Å². The Labute approximate surface area is 200 Å². The van der Waals surface area contributed by atoms with Crippen LogP contribution in [0.25, 0.3) is 38.9 Å². The Bertz CT molecular complexity index is 1730. The summed E-state index contributed by atoms with van der Waals surface area (Å²) in [5.41, 5.74) is 6.16. The quantitative estimate of drug-likeness (QED) is 0.342. The highest BCUT2D eigenvalue weighted by atomic mass is 35.5. The molecule has 3 aromatic carbocycles. The molecule has 7 heteroatoms. The predicted molar refractivity (Wildman–Crippen MR) is 136 cm³/mol. The smallest absolute Gasteiger partial charge is 0.265 e. The summed E-state index contributed by atoms with van der Waals surface area (Å²) in [5.74, 6) is 0. The molecule has 6 aromatic rings. The van der Waals surface area contributed by atoms with Crippen molar-refractivity contribution in [3.05, 3.63) is 106 Å². The van der Waals surface area contributed by atoms with E-state index in [4.69, 9.17) is 26.6 Å². The minimum Gasteiger partial charge on any atom is -0.294 e. The van der Waals surface area contributed by atoms with E-state index < -0.39 is 0 Å². The SMILES string of the molecule is CCc1ccc(-n2c3nc4ccccc4nc3c3c(=O)n(Cc4ccc(Cl)cc4)cnc32)cc1. The zero-order chi connectivity index (χ0) is 23.2.